The van der Waals surface area contributed by atoms with Crippen molar-refractivity contribution >= 4 is 32.2 Å². The van der Waals surface area contributed by atoms with Gasteiger partial charge in [-0.1, -0.05) is 6.42 Å². The summed E-state index contributed by atoms with van der Waals surface area (Å²) in [7, 11) is 5.20. The molecule has 5 nitrogen and oxygen atoms in total. The van der Waals surface area contributed by atoms with Crippen LogP contribution >= 0.6 is 11.3 Å². The largest absolute Gasteiger partial charge is 0.494 e. The third-order valence-corrected chi connectivity index (χ3v) is 7.14. The molecule has 0 saturated carbocycles. The van der Waals surface area contributed by atoms with Crippen molar-refractivity contribution in [2.45, 2.75) is 19.3 Å². The van der Waals surface area contributed by atoms with Gasteiger partial charge in [-0.15, -0.1) is 11.3 Å². The van der Waals surface area contributed by atoms with Crippen LogP contribution in [0.4, 0.5) is 9.39 Å². The molecule has 0 amide bonds. The predicted octanol–water partition coefficient (Wildman–Crippen LogP) is 5.21. The number of anilines is 1. The molecule has 0 unspecified atom stereocenters. The summed E-state index contributed by atoms with van der Waals surface area (Å²) in [5.74, 6) is 0.311. The minimum Gasteiger partial charge on any atom is -0.494 e. The van der Waals surface area contributed by atoms with Crippen LogP contribution in [0.5, 0.6) is 11.5 Å². The summed E-state index contributed by atoms with van der Waals surface area (Å²) >= 11 is 1.45. The highest BCUT2D eigenvalue weighted by Gasteiger charge is 2.23. The second-order valence-electron chi connectivity index (χ2n) is 8.26. The summed E-state index contributed by atoms with van der Waals surface area (Å²) < 4.78 is 26.2. The van der Waals surface area contributed by atoms with Crippen LogP contribution in [-0.2, 0) is 0 Å². The number of piperidine rings is 1. The third-order valence-electron chi connectivity index (χ3n) is 5.82. The number of benzene rings is 2. The first-order valence-electron chi connectivity index (χ1n) is 10.9. The molecule has 1 aromatic heterocycles. The van der Waals surface area contributed by atoms with E-state index in [1.165, 1.54) is 43.8 Å². The van der Waals surface area contributed by atoms with Gasteiger partial charge in [-0.3, -0.25) is 9.69 Å². The number of carbonyl (C=O) groups excluding carboxylic acids is 1. The predicted molar refractivity (Wildman–Crippen MR) is 128 cm³/mol. The number of ketones is 1. The van der Waals surface area contributed by atoms with Crippen molar-refractivity contribution in [3.05, 3.63) is 53.3 Å². The zero-order valence-corrected chi connectivity index (χ0v) is 19.6. The lowest BCUT2D eigenvalue weighted by Crippen LogP contribution is -2.33. The quantitative estimate of drug-likeness (QED) is 0.435. The molecule has 1 saturated heterocycles. The van der Waals surface area contributed by atoms with E-state index in [4.69, 9.17) is 9.47 Å². The summed E-state index contributed by atoms with van der Waals surface area (Å²) in [5, 5.41) is 1.39. The van der Waals surface area contributed by atoms with Crippen LogP contribution in [0, 0.1) is 5.82 Å². The summed E-state index contributed by atoms with van der Waals surface area (Å²) in [6, 6.07) is 10.3. The summed E-state index contributed by atoms with van der Waals surface area (Å²) in [6.45, 7) is 3.84. The minimum absolute atomic E-state index is 0.135. The minimum atomic E-state index is -0.477. The van der Waals surface area contributed by atoms with Crippen molar-refractivity contribution in [3.63, 3.8) is 0 Å². The molecule has 0 radical (unpaired) electrons. The van der Waals surface area contributed by atoms with Gasteiger partial charge in [0, 0.05) is 42.4 Å². The Morgan fingerprint density at radius 3 is 2.50 bits per heavy atom. The molecule has 7 heteroatoms. The van der Waals surface area contributed by atoms with E-state index in [1.54, 1.807) is 18.2 Å². The topological polar surface area (TPSA) is 42.0 Å². The maximum Gasteiger partial charge on any atom is 0.196 e. The molecule has 2 heterocycles. The molecule has 1 aliphatic rings. The lowest BCUT2D eigenvalue weighted by atomic mass is 10.0. The second kappa shape index (κ2) is 9.88. The Morgan fingerprint density at radius 1 is 1.12 bits per heavy atom. The van der Waals surface area contributed by atoms with E-state index in [0.717, 1.165) is 35.1 Å². The third kappa shape index (κ3) is 4.74. The van der Waals surface area contributed by atoms with Crippen LogP contribution in [-0.4, -0.2) is 58.1 Å². The zero-order chi connectivity index (χ0) is 22.7. The number of carbonyl (C=O) groups is 1. The van der Waals surface area contributed by atoms with Gasteiger partial charge in [-0.05, 0) is 56.3 Å². The molecular weight excluding hydrogens is 427 g/mol. The molecule has 0 atom stereocenters. The average Bonchev–Trinajstić information content (AvgIpc) is 3.17. The number of nitrogens with zero attached hydrogens (tertiary/aromatic N) is 2. The Kier molecular flexibility index (Phi) is 6.96. The van der Waals surface area contributed by atoms with E-state index in [-0.39, 0.29) is 11.5 Å². The SMILES string of the molecule is COc1cc2sc(N(C)C)c(C(=O)c3ccc(OCCN4CCCCC4)cc3)c2cc1F. The van der Waals surface area contributed by atoms with Crippen LogP contribution < -0.4 is 14.4 Å². The van der Waals surface area contributed by atoms with Gasteiger partial charge in [-0.2, -0.15) is 0 Å². The number of fused-ring (bicyclic) bond motifs is 1. The van der Waals surface area contributed by atoms with Crippen LogP contribution in [0.3, 0.4) is 0 Å². The average molecular weight is 457 g/mol. The highest BCUT2D eigenvalue weighted by Crippen LogP contribution is 2.41. The van der Waals surface area contributed by atoms with Crippen LogP contribution in [0.15, 0.2) is 36.4 Å². The Morgan fingerprint density at radius 2 is 1.84 bits per heavy atom. The van der Waals surface area contributed by atoms with Gasteiger partial charge in [0.2, 0.25) is 0 Å². The molecule has 32 heavy (non-hydrogen) atoms. The number of ether oxygens (including phenoxy) is 2. The monoisotopic (exact) mass is 456 g/mol. The van der Waals surface area contributed by atoms with E-state index in [1.807, 2.05) is 31.1 Å². The van der Waals surface area contributed by atoms with Crippen molar-refractivity contribution < 1.29 is 18.7 Å². The van der Waals surface area contributed by atoms with Crippen molar-refractivity contribution in [2.75, 3.05) is 52.3 Å². The van der Waals surface area contributed by atoms with Gasteiger partial charge >= 0.3 is 0 Å². The van der Waals surface area contributed by atoms with E-state index < -0.39 is 5.82 Å². The molecule has 1 fully saturated rings. The molecule has 170 valence electrons. The molecule has 1 aliphatic heterocycles. The molecule has 0 spiro atoms. The zero-order valence-electron chi connectivity index (χ0n) is 18.8. The summed E-state index contributed by atoms with van der Waals surface area (Å²) in [5.41, 5.74) is 1.06. The van der Waals surface area contributed by atoms with Crippen molar-refractivity contribution in [3.8, 4) is 11.5 Å². The standard InChI is InChI=1S/C25H29FN2O3S/c1-27(2)25-23(19-15-20(26)21(30-3)16-22(19)32-25)24(29)17-7-9-18(10-8-17)31-14-13-28-11-5-4-6-12-28/h7-10,15-16H,4-6,11-14H2,1-3H3. The number of methoxy groups -OCH3 is 1. The van der Waals surface area contributed by atoms with Crippen molar-refractivity contribution in [1.82, 2.24) is 4.90 Å². The molecule has 0 N–H and O–H groups in total. The van der Waals surface area contributed by atoms with Gasteiger partial charge in [0.15, 0.2) is 17.3 Å². The Balaban J connectivity index is 1.53. The van der Waals surface area contributed by atoms with Gasteiger partial charge < -0.3 is 14.4 Å². The molecular formula is C25H29FN2O3S. The fourth-order valence-electron chi connectivity index (χ4n) is 4.10. The number of halogens is 1. The maximum absolute atomic E-state index is 14.4. The fraction of sp³-hybridized carbons (Fsp3) is 0.400. The number of hydrogen-bond donors (Lipinski definition) is 0. The first-order chi connectivity index (χ1) is 15.5. The van der Waals surface area contributed by atoms with Gasteiger partial charge in [0.1, 0.15) is 17.4 Å². The van der Waals surface area contributed by atoms with Crippen molar-refractivity contribution in [2.24, 2.45) is 0 Å². The maximum atomic E-state index is 14.4. The van der Waals surface area contributed by atoms with Gasteiger partial charge in [-0.25, -0.2) is 4.39 Å². The Labute approximate surface area is 192 Å². The summed E-state index contributed by atoms with van der Waals surface area (Å²) in [4.78, 5) is 17.7. The smallest absolute Gasteiger partial charge is 0.196 e. The first-order valence-corrected chi connectivity index (χ1v) is 11.8. The summed E-state index contributed by atoms with van der Waals surface area (Å²) in [6.07, 6.45) is 3.85. The fourth-order valence-corrected chi connectivity index (χ4v) is 5.23. The highest BCUT2D eigenvalue weighted by molar-refractivity contribution is 7.23. The molecule has 3 aromatic rings. The van der Waals surface area contributed by atoms with Gasteiger partial charge in [0.05, 0.1) is 12.7 Å². The van der Waals surface area contributed by atoms with Crippen LogP contribution in [0.1, 0.15) is 35.2 Å². The van der Waals surface area contributed by atoms with E-state index in [2.05, 4.69) is 4.90 Å². The Bertz CT molecular complexity index is 1090. The molecule has 4 rings (SSSR count). The van der Waals surface area contributed by atoms with Crippen molar-refractivity contribution in [1.29, 1.82) is 0 Å². The molecule has 2 aromatic carbocycles. The molecule has 0 aliphatic carbocycles. The normalized spacial score (nSPS) is 14.5. The van der Waals surface area contributed by atoms with Gasteiger partial charge in [0.25, 0.3) is 0 Å². The van der Waals surface area contributed by atoms with Crippen LogP contribution in [0.25, 0.3) is 10.1 Å². The van der Waals surface area contributed by atoms with Crippen LogP contribution in [0.2, 0.25) is 0 Å². The number of thiophene rings is 1. The highest BCUT2D eigenvalue weighted by atomic mass is 32.1. The first kappa shape index (κ1) is 22.6. The van der Waals surface area contributed by atoms with E-state index >= 15 is 0 Å². The Hall–Kier alpha value is -2.64. The molecule has 0 bridgehead atoms. The lowest BCUT2D eigenvalue weighted by Gasteiger charge is -2.26. The van der Waals surface area contributed by atoms with E-state index in [0.29, 0.717) is 23.1 Å². The number of hydrogen-bond acceptors (Lipinski definition) is 6. The second-order valence-corrected chi connectivity index (χ2v) is 9.29. The number of likely N-dealkylation sites (tertiary alicyclic amines) is 1. The lowest BCUT2D eigenvalue weighted by molar-refractivity contribution is 0.104. The number of rotatable bonds is 8. The van der Waals surface area contributed by atoms with E-state index in [9.17, 15) is 9.18 Å².